The first kappa shape index (κ1) is 12.8. The maximum absolute atomic E-state index is 12.0. The average Bonchev–Trinajstić information content (AvgIpc) is 2.86. The quantitative estimate of drug-likeness (QED) is 0.892. The van der Waals surface area contributed by atoms with Gasteiger partial charge in [0.05, 0.1) is 25.1 Å². The topological polar surface area (TPSA) is 93.3 Å². The SMILES string of the molecule is O=S(=O)(Nc1ccc2c(c1)OCCCO2)c1ccn[nH]1. The summed E-state index contributed by atoms with van der Waals surface area (Å²) in [4.78, 5) is 0. The average molecular weight is 295 g/mol. The second kappa shape index (κ2) is 5.04. The summed E-state index contributed by atoms with van der Waals surface area (Å²) in [5, 5.41) is 6.04. The Morgan fingerprint density at radius 2 is 1.95 bits per heavy atom. The normalized spacial score (nSPS) is 14.6. The number of fused-ring (bicyclic) bond motifs is 1. The molecule has 0 unspecified atom stereocenters. The van der Waals surface area contributed by atoms with Gasteiger partial charge < -0.3 is 9.47 Å². The summed E-state index contributed by atoms with van der Waals surface area (Å²) in [6, 6.07) is 6.30. The predicted octanol–water partition coefficient (Wildman–Crippen LogP) is 1.37. The third-order valence-corrected chi connectivity index (χ3v) is 4.08. The molecule has 0 amide bonds. The van der Waals surface area contributed by atoms with Gasteiger partial charge in [0.15, 0.2) is 16.5 Å². The Morgan fingerprint density at radius 3 is 2.70 bits per heavy atom. The predicted molar refractivity (Wildman–Crippen MR) is 71.4 cm³/mol. The molecule has 20 heavy (non-hydrogen) atoms. The van der Waals surface area contributed by atoms with Crippen LogP contribution in [0.25, 0.3) is 0 Å². The van der Waals surface area contributed by atoms with E-state index in [0.717, 1.165) is 6.42 Å². The van der Waals surface area contributed by atoms with Gasteiger partial charge in [-0.3, -0.25) is 9.82 Å². The van der Waals surface area contributed by atoms with Crippen LogP contribution in [0.5, 0.6) is 11.5 Å². The fourth-order valence-corrected chi connectivity index (χ4v) is 2.79. The molecule has 0 fully saturated rings. The monoisotopic (exact) mass is 295 g/mol. The van der Waals surface area contributed by atoms with E-state index in [9.17, 15) is 8.42 Å². The molecule has 1 aromatic heterocycles. The Bertz CT molecular complexity index is 697. The Balaban J connectivity index is 1.87. The zero-order valence-corrected chi connectivity index (χ0v) is 11.3. The van der Waals surface area contributed by atoms with Crippen LogP contribution in [0.3, 0.4) is 0 Å². The van der Waals surface area contributed by atoms with E-state index in [0.29, 0.717) is 30.4 Å². The third kappa shape index (κ3) is 2.55. The van der Waals surface area contributed by atoms with E-state index in [2.05, 4.69) is 14.9 Å². The van der Waals surface area contributed by atoms with Crippen LogP contribution in [0, 0.1) is 0 Å². The number of nitrogens with one attached hydrogen (secondary N) is 2. The Morgan fingerprint density at radius 1 is 1.15 bits per heavy atom. The van der Waals surface area contributed by atoms with Gasteiger partial charge in [0.2, 0.25) is 0 Å². The number of aromatic amines is 1. The number of nitrogens with zero attached hydrogens (tertiary/aromatic N) is 1. The summed E-state index contributed by atoms with van der Waals surface area (Å²) >= 11 is 0. The Hall–Kier alpha value is -2.22. The second-order valence-corrected chi connectivity index (χ2v) is 5.89. The summed E-state index contributed by atoms with van der Waals surface area (Å²) in [5.41, 5.74) is 0.406. The largest absolute Gasteiger partial charge is 0.490 e. The lowest BCUT2D eigenvalue weighted by Gasteiger charge is -2.10. The minimum absolute atomic E-state index is 0.00427. The molecule has 2 aromatic rings. The highest BCUT2D eigenvalue weighted by atomic mass is 32.2. The third-order valence-electron chi connectivity index (χ3n) is 2.76. The number of ether oxygens (including phenoxy) is 2. The van der Waals surface area contributed by atoms with E-state index in [1.54, 1.807) is 18.2 Å². The van der Waals surface area contributed by atoms with E-state index >= 15 is 0 Å². The lowest BCUT2D eigenvalue weighted by Crippen LogP contribution is -2.13. The smallest absolute Gasteiger partial charge is 0.278 e. The Kier molecular flexibility index (Phi) is 3.23. The maximum atomic E-state index is 12.0. The van der Waals surface area contributed by atoms with E-state index in [4.69, 9.17) is 9.47 Å². The van der Waals surface area contributed by atoms with Gasteiger partial charge in [-0.2, -0.15) is 13.5 Å². The summed E-state index contributed by atoms with van der Waals surface area (Å²) in [6.45, 7) is 1.13. The standard InChI is InChI=1S/C12H13N3O4S/c16-20(17,12-4-5-13-14-12)15-9-2-3-10-11(8-9)19-7-1-6-18-10/h2-5,8,15H,1,6-7H2,(H,13,14). The first-order valence-corrected chi connectivity index (χ1v) is 7.55. The summed E-state index contributed by atoms with van der Waals surface area (Å²) in [7, 11) is -3.67. The number of sulfonamides is 1. The number of benzene rings is 1. The summed E-state index contributed by atoms with van der Waals surface area (Å²) < 4.78 is 37.5. The molecule has 1 aliphatic heterocycles. The highest BCUT2D eigenvalue weighted by Crippen LogP contribution is 2.32. The van der Waals surface area contributed by atoms with Gasteiger partial charge in [0, 0.05) is 12.5 Å². The fourth-order valence-electron chi connectivity index (χ4n) is 1.83. The van der Waals surface area contributed by atoms with Gasteiger partial charge in [0.1, 0.15) is 0 Å². The van der Waals surface area contributed by atoms with E-state index in [1.165, 1.54) is 12.3 Å². The number of aromatic nitrogens is 2. The zero-order chi connectivity index (χ0) is 14.0. The van der Waals surface area contributed by atoms with Crippen molar-refractivity contribution in [1.29, 1.82) is 0 Å². The van der Waals surface area contributed by atoms with Crippen molar-refractivity contribution in [2.45, 2.75) is 11.4 Å². The van der Waals surface area contributed by atoms with Crippen LogP contribution >= 0.6 is 0 Å². The number of hydrogen-bond acceptors (Lipinski definition) is 5. The molecule has 0 radical (unpaired) electrons. The van der Waals surface area contributed by atoms with Crippen LogP contribution in [-0.2, 0) is 10.0 Å². The molecule has 0 saturated heterocycles. The zero-order valence-electron chi connectivity index (χ0n) is 10.5. The van der Waals surface area contributed by atoms with Crippen molar-refractivity contribution in [3.63, 3.8) is 0 Å². The van der Waals surface area contributed by atoms with Crippen molar-refractivity contribution < 1.29 is 17.9 Å². The lowest BCUT2D eigenvalue weighted by atomic mass is 10.3. The highest BCUT2D eigenvalue weighted by molar-refractivity contribution is 7.92. The fraction of sp³-hybridized carbons (Fsp3) is 0.250. The minimum Gasteiger partial charge on any atom is -0.490 e. The molecule has 1 aromatic carbocycles. The van der Waals surface area contributed by atoms with Crippen molar-refractivity contribution in [3.8, 4) is 11.5 Å². The van der Waals surface area contributed by atoms with Gasteiger partial charge in [0.25, 0.3) is 10.0 Å². The van der Waals surface area contributed by atoms with E-state index in [1.807, 2.05) is 0 Å². The molecule has 2 heterocycles. The molecular formula is C12H13N3O4S. The molecule has 0 spiro atoms. The van der Waals surface area contributed by atoms with Crippen LogP contribution in [0.15, 0.2) is 35.5 Å². The molecule has 0 aliphatic carbocycles. The van der Waals surface area contributed by atoms with E-state index in [-0.39, 0.29) is 5.03 Å². The molecule has 7 nitrogen and oxygen atoms in total. The van der Waals surface area contributed by atoms with Crippen LogP contribution in [-0.4, -0.2) is 31.8 Å². The molecule has 0 bridgehead atoms. The minimum atomic E-state index is -3.67. The number of H-pyrrole nitrogens is 1. The van der Waals surface area contributed by atoms with Crippen molar-refractivity contribution in [2.24, 2.45) is 0 Å². The molecule has 0 atom stereocenters. The van der Waals surface area contributed by atoms with Crippen LogP contribution in [0.1, 0.15) is 6.42 Å². The van der Waals surface area contributed by atoms with Gasteiger partial charge >= 0.3 is 0 Å². The molecular weight excluding hydrogens is 282 g/mol. The van der Waals surface area contributed by atoms with Crippen molar-refractivity contribution in [3.05, 3.63) is 30.5 Å². The van der Waals surface area contributed by atoms with Crippen molar-refractivity contribution in [1.82, 2.24) is 10.2 Å². The highest BCUT2D eigenvalue weighted by Gasteiger charge is 2.17. The van der Waals surface area contributed by atoms with Crippen LogP contribution in [0.4, 0.5) is 5.69 Å². The number of rotatable bonds is 3. The molecule has 2 N–H and O–H groups in total. The Labute approximate surface area is 116 Å². The van der Waals surface area contributed by atoms with Gasteiger partial charge in [-0.05, 0) is 18.2 Å². The lowest BCUT2D eigenvalue weighted by molar-refractivity contribution is 0.297. The van der Waals surface area contributed by atoms with Crippen LogP contribution < -0.4 is 14.2 Å². The first-order chi connectivity index (χ1) is 9.65. The van der Waals surface area contributed by atoms with Gasteiger partial charge in [-0.25, -0.2) is 0 Å². The molecule has 0 saturated carbocycles. The second-order valence-electron chi connectivity index (χ2n) is 4.24. The van der Waals surface area contributed by atoms with Crippen molar-refractivity contribution >= 4 is 15.7 Å². The molecule has 106 valence electrons. The number of anilines is 1. The van der Waals surface area contributed by atoms with Crippen LogP contribution in [0.2, 0.25) is 0 Å². The summed E-state index contributed by atoms with van der Waals surface area (Å²) in [6.07, 6.45) is 2.17. The molecule has 3 rings (SSSR count). The molecule has 8 heteroatoms. The van der Waals surface area contributed by atoms with Gasteiger partial charge in [-0.15, -0.1) is 0 Å². The maximum Gasteiger partial charge on any atom is 0.278 e. The summed E-state index contributed by atoms with van der Waals surface area (Å²) in [5.74, 6) is 1.15. The molecule has 1 aliphatic rings. The number of hydrogen-bond donors (Lipinski definition) is 2. The van der Waals surface area contributed by atoms with E-state index < -0.39 is 10.0 Å². The van der Waals surface area contributed by atoms with Crippen molar-refractivity contribution in [2.75, 3.05) is 17.9 Å². The first-order valence-electron chi connectivity index (χ1n) is 6.07. The van der Waals surface area contributed by atoms with Gasteiger partial charge in [-0.1, -0.05) is 0 Å².